The number of carbonyl (C=O) groups is 3. The number of carboxylic acids is 1. The molecule has 1 aromatic heterocycles. The second-order valence-electron chi connectivity index (χ2n) is 8.63. The molecule has 9 heteroatoms. The molecule has 8 nitrogen and oxygen atoms in total. The molecule has 0 spiro atoms. The Morgan fingerprint density at radius 1 is 0.971 bits per heavy atom. The topological polar surface area (TPSA) is 120 Å². The average molecular weight is 495 g/mol. The van der Waals surface area contributed by atoms with Gasteiger partial charge in [-0.3, -0.25) is 9.59 Å². The van der Waals surface area contributed by atoms with Gasteiger partial charge in [-0.1, -0.05) is 44.2 Å². The van der Waals surface area contributed by atoms with Crippen LogP contribution in [0.25, 0.3) is 0 Å². The lowest BCUT2D eigenvalue weighted by atomic mass is 10.0. The number of urea groups is 1. The number of thiazole rings is 1. The van der Waals surface area contributed by atoms with E-state index in [0.29, 0.717) is 23.7 Å². The van der Waals surface area contributed by atoms with Crippen LogP contribution in [-0.2, 0) is 22.4 Å². The summed E-state index contributed by atoms with van der Waals surface area (Å²) in [5.41, 5.74) is 2.14. The molecule has 3 rings (SSSR count). The summed E-state index contributed by atoms with van der Waals surface area (Å²) in [5.74, 6) is -0.621. The number of amides is 3. The molecule has 1 atom stereocenters. The standard InChI is InChI=1S/C26H30N4O4S/c1-17(2)14-22(25-27-16-21(35-25)12-13-24(32)33)30-23(31)15-18-8-10-20(11-9-18)29-26(34)28-19-6-4-3-5-7-19/h3-11,16-17,22H,12-15H2,1-2H3,(H,30,31)(H,32,33)(H2,28,29,34). The van der Waals surface area contributed by atoms with Crippen LogP contribution in [0.4, 0.5) is 16.2 Å². The van der Waals surface area contributed by atoms with Crippen molar-refractivity contribution in [1.29, 1.82) is 0 Å². The molecule has 0 radical (unpaired) electrons. The molecule has 0 aliphatic heterocycles. The zero-order chi connectivity index (χ0) is 25.2. The lowest BCUT2D eigenvalue weighted by Crippen LogP contribution is -2.30. The predicted molar refractivity (Wildman–Crippen MR) is 138 cm³/mol. The highest BCUT2D eigenvalue weighted by Crippen LogP contribution is 2.26. The maximum atomic E-state index is 12.8. The second kappa shape index (κ2) is 12.7. The third-order valence-electron chi connectivity index (χ3n) is 5.11. The minimum Gasteiger partial charge on any atom is -0.481 e. The molecule has 35 heavy (non-hydrogen) atoms. The lowest BCUT2D eigenvalue weighted by Gasteiger charge is -2.18. The van der Waals surface area contributed by atoms with Crippen molar-refractivity contribution in [3.05, 3.63) is 76.2 Å². The van der Waals surface area contributed by atoms with E-state index < -0.39 is 5.97 Å². The SMILES string of the molecule is CC(C)CC(NC(=O)Cc1ccc(NC(=O)Nc2ccccc2)cc1)c1ncc(CCC(=O)O)s1. The molecule has 3 aromatic rings. The number of para-hydroxylation sites is 1. The van der Waals surface area contributed by atoms with Gasteiger partial charge in [0.15, 0.2) is 0 Å². The van der Waals surface area contributed by atoms with E-state index in [-0.39, 0.29) is 30.8 Å². The Balaban J connectivity index is 1.55. The number of hydrogen-bond acceptors (Lipinski definition) is 5. The summed E-state index contributed by atoms with van der Waals surface area (Å²) >= 11 is 1.45. The Labute approximate surface area is 208 Å². The van der Waals surface area contributed by atoms with Gasteiger partial charge in [-0.05, 0) is 48.6 Å². The molecule has 0 saturated carbocycles. The first kappa shape index (κ1) is 25.9. The van der Waals surface area contributed by atoms with Gasteiger partial charge in [0.2, 0.25) is 5.91 Å². The number of carbonyl (C=O) groups excluding carboxylic acids is 2. The highest BCUT2D eigenvalue weighted by molar-refractivity contribution is 7.11. The second-order valence-corrected chi connectivity index (χ2v) is 9.77. The summed E-state index contributed by atoms with van der Waals surface area (Å²) in [7, 11) is 0. The minimum absolute atomic E-state index is 0.0571. The van der Waals surface area contributed by atoms with Gasteiger partial charge in [0.1, 0.15) is 5.01 Å². The first-order valence-corrected chi connectivity index (χ1v) is 12.3. The molecule has 4 N–H and O–H groups in total. The summed E-state index contributed by atoms with van der Waals surface area (Å²) < 4.78 is 0. The Hall–Kier alpha value is -3.72. The van der Waals surface area contributed by atoms with E-state index in [2.05, 4.69) is 34.8 Å². The van der Waals surface area contributed by atoms with E-state index in [1.165, 1.54) is 11.3 Å². The number of nitrogens with zero attached hydrogens (tertiary/aromatic N) is 1. The Morgan fingerprint density at radius 3 is 2.26 bits per heavy atom. The van der Waals surface area contributed by atoms with E-state index in [1.54, 1.807) is 30.5 Å². The van der Waals surface area contributed by atoms with E-state index >= 15 is 0 Å². The molecule has 0 saturated heterocycles. The van der Waals surface area contributed by atoms with Crippen LogP contribution in [0.2, 0.25) is 0 Å². The van der Waals surface area contributed by atoms with Crippen LogP contribution in [0, 0.1) is 5.92 Å². The summed E-state index contributed by atoms with van der Waals surface area (Å²) in [6.07, 6.45) is 3.11. The molecule has 0 bridgehead atoms. The van der Waals surface area contributed by atoms with Gasteiger partial charge >= 0.3 is 12.0 Å². The van der Waals surface area contributed by atoms with Crippen LogP contribution in [-0.4, -0.2) is 28.0 Å². The normalized spacial score (nSPS) is 11.6. The third-order valence-corrected chi connectivity index (χ3v) is 6.28. The molecule has 0 fully saturated rings. The fourth-order valence-electron chi connectivity index (χ4n) is 3.47. The molecule has 1 heterocycles. The molecule has 0 aliphatic carbocycles. The van der Waals surface area contributed by atoms with E-state index in [0.717, 1.165) is 21.9 Å². The van der Waals surface area contributed by atoms with Gasteiger partial charge in [-0.25, -0.2) is 9.78 Å². The molecule has 2 aromatic carbocycles. The number of anilines is 2. The van der Waals surface area contributed by atoms with Gasteiger partial charge in [0.25, 0.3) is 0 Å². The highest BCUT2D eigenvalue weighted by Gasteiger charge is 2.20. The van der Waals surface area contributed by atoms with Crippen molar-refractivity contribution >= 4 is 40.6 Å². The quantitative estimate of drug-likeness (QED) is 0.290. The zero-order valence-corrected chi connectivity index (χ0v) is 20.6. The van der Waals surface area contributed by atoms with Crippen LogP contribution >= 0.6 is 11.3 Å². The maximum Gasteiger partial charge on any atom is 0.323 e. The van der Waals surface area contributed by atoms with E-state index in [4.69, 9.17) is 5.11 Å². The first-order chi connectivity index (χ1) is 16.8. The monoisotopic (exact) mass is 494 g/mol. The molecular formula is C26H30N4O4S. The number of nitrogens with one attached hydrogen (secondary N) is 3. The average Bonchev–Trinajstić information content (AvgIpc) is 3.28. The number of hydrogen-bond donors (Lipinski definition) is 4. The number of aliphatic carboxylic acids is 1. The van der Waals surface area contributed by atoms with E-state index in [1.807, 2.05) is 30.3 Å². The molecule has 1 unspecified atom stereocenters. The van der Waals surface area contributed by atoms with Crippen molar-refractivity contribution in [3.8, 4) is 0 Å². The van der Waals surface area contributed by atoms with Gasteiger partial charge in [0, 0.05) is 22.4 Å². The molecule has 0 aliphatic rings. The number of benzene rings is 2. The van der Waals surface area contributed by atoms with Gasteiger partial charge in [-0.15, -0.1) is 11.3 Å². The van der Waals surface area contributed by atoms with Crippen molar-refractivity contribution in [2.45, 2.75) is 45.6 Å². The Kier molecular flexibility index (Phi) is 9.37. The van der Waals surface area contributed by atoms with Crippen LogP contribution < -0.4 is 16.0 Å². The van der Waals surface area contributed by atoms with Crippen molar-refractivity contribution in [1.82, 2.24) is 10.3 Å². The fraction of sp³-hybridized carbons (Fsp3) is 0.308. The number of carboxylic acid groups (broad SMARTS) is 1. The van der Waals surface area contributed by atoms with Gasteiger partial charge < -0.3 is 21.1 Å². The molecular weight excluding hydrogens is 464 g/mol. The van der Waals surface area contributed by atoms with Gasteiger partial charge in [0.05, 0.1) is 18.9 Å². The number of aryl methyl sites for hydroxylation is 1. The predicted octanol–water partition coefficient (Wildman–Crippen LogP) is 5.25. The minimum atomic E-state index is -0.843. The summed E-state index contributed by atoms with van der Waals surface area (Å²) in [6.45, 7) is 4.16. The van der Waals surface area contributed by atoms with Crippen LogP contribution in [0.3, 0.4) is 0 Å². The van der Waals surface area contributed by atoms with Crippen molar-refractivity contribution in [2.75, 3.05) is 10.6 Å². The summed E-state index contributed by atoms with van der Waals surface area (Å²) in [5, 5.41) is 18.3. The summed E-state index contributed by atoms with van der Waals surface area (Å²) in [4.78, 5) is 41.1. The number of rotatable bonds is 11. The Bertz CT molecular complexity index is 1130. The lowest BCUT2D eigenvalue weighted by molar-refractivity contribution is -0.137. The highest BCUT2D eigenvalue weighted by atomic mass is 32.1. The van der Waals surface area contributed by atoms with Gasteiger partial charge in [-0.2, -0.15) is 0 Å². The largest absolute Gasteiger partial charge is 0.481 e. The Morgan fingerprint density at radius 2 is 1.63 bits per heavy atom. The fourth-order valence-corrected chi connectivity index (χ4v) is 4.45. The van der Waals surface area contributed by atoms with Crippen LogP contribution in [0.1, 0.15) is 48.2 Å². The van der Waals surface area contributed by atoms with Crippen LogP contribution in [0.5, 0.6) is 0 Å². The smallest absolute Gasteiger partial charge is 0.323 e. The zero-order valence-electron chi connectivity index (χ0n) is 19.8. The van der Waals surface area contributed by atoms with E-state index in [9.17, 15) is 14.4 Å². The van der Waals surface area contributed by atoms with Crippen LogP contribution in [0.15, 0.2) is 60.8 Å². The third kappa shape index (κ3) is 8.86. The maximum absolute atomic E-state index is 12.8. The molecule has 184 valence electrons. The van der Waals surface area contributed by atoms with Crippen molar-refractivity contribution in [3.63, 3.8) is 0 Å². The molecule has 3 amide bonds. The first-order valence-electron chi connectivity index (χ1n) is 11.5. The number of aromatic nitrogens is 1. The summed E-state index contributed by atoms with van der Waals surface area (Å²) in [6, 6.07) is 15.7. The van der Waals surface area contributed by atoms with Crippen molar-refractivity contribution < 1.29 is 19.5 Å². The van der Waals surface area contributed by atoms with Crippen molar-refractivity contribution in [2.24, 2.45) is 5.92 Å².